The van der Waals surface area contributed by atoms with Gasteiger partial charge in [0, 0.05) is 6.07 Å². The second kappa shape index (κ2) is 8.84. The van der Waals surface area contributed by atoms with Crippen LogP contribution in [0, 0.1) is 21.4 Å². The summed E-state index contributed by atoms with van der Waals surface area (Å²) in [6.07, 6.45) is 1.38. The van der Waals surface area contributed by atoms with Crippen LogP contribution in [0.2, 0.25) is 0 Å². The van der Waals surface area contributed by atoms with Gasteiger partial charge in [-0.2, -0.15) is 10.2 Å². The van der Waals surface area contributed by atoms with Crippen molar-refractivity contribution in [2.24, 2.45) is 0 Å². The zero-order valence-corrected chi connectivity index (χ0v) is 16.3. The lowest BCUT2D eigenvalue weighted by atomic mass is 9.91. The molecule has 0 aliphatic rings. The van der Waals surface area contributed by atoms with E-state index in [-0.39, 0.29) is 28.6 Å². The number of nitro groups is 1. The highest BCUT2D eigenvalue weighted by atomic mass is 16.6. The van der Waals surface area contributed by atoms with Crippen LogP contribution in [0.1, 0.15) is 34.3 Å². The normalized spacial score (nSPS) is 11.3. The summed E-state index contributed by atoms with van der Waals surface area (Å²) in [5, 5.41) is 25.0. The molecular weight excluding hydrogens is 392 g/mol. The minimum atomic E-state index is -0.499. The molecule has 4 rings (SSSR count). The summed E-state index contributed by atoms with van der Waals surface area (Å²) in [7, 11) is 0. The van der Waals surface area contributed by atoms with Crippen LogP contribution >= 0.6 is 0 Å². The molecule has 3 aromatic carbocycles. The topological polar surface area (TPSA) is 106 Å². The van der Waals surface area contributed by atoms with Crippen LogP contribution in [0.5, 0.6) is 0 Å². The van der Waals surface area contributed by atoms with E-state index in [0.717, 1.165) is 11.1 Å². The first-order valence-corrected chi connectivity index (χ1v) is 9.46. The smallest absolute Gasteiger partial charge is 0.276 e. The molecule has 0 atom stereocenters. The maximum absolute atomic E-state index is 11.3. The number of allylic oxidation sites excluding steroid dienone is 1. The maximum atomic E-state index is 11.3. The Kier molecular flexibility index (Phi) is 5.63. The molecule has 0 aliphatic carbocycles. The quantitative estimate of drug-likeness (QED) is 0.246. The molecule has 7 nitrogen and oxygen atoms in total. The summed E-state index contributed by atoms with van der Waals surface area (Å²) < 4.78 is 5.39. The van der Waals surface area contributed by atoms with E-state index in [9.17, 15) is 15.4 Å². The van der Waals surface area contributed by atoms with Crippen molar-refractivity contribution in [2.45, 2.75) is 5.92 Å². The Morgan fingerprint density at radius 3 is 2.13 bits per heavy atom. The summed E-state index contributed by atoms with van der Waals surface area (Å²) in [5.74, 6) is 0.120. The Bertz CT molecular complexity index is 1240. The van der Waals surface area contributed by atoms with Crippen molar-refractivity contribution in [3.05, 3.63) is 123 Å². The number of hydrogen-bond donors (Lipinski definition) is 0. The van der Waals surface area contributed by atoms with E-state index in [1.165, 1.54) is 12.1 Å². The zero-order chi connectivity index (χ0) is 21.6. The molecule has 1 heterocycles. The maximum Gasteiger partial charge on any atom is 0.276 e. The molecule has 0 aliphatic heterocycles. The molecule has 0 radical (unpaired) electrons. The summed E-state index contributed by atoms with van der Waals surface area (Å²) in [6, 6.07) is 27.6. The lowest BCUT2D eigenvalue weighted by Gasteiger charge is -2.14. The molecule has 0 saturated carbocycles. The molecule has 7 heteroatoms. The van der Waals surface area contributed by atoms with E-state index in [1.807, 2.05) is 66.7 Å². The molecule has 31 heavy (non-hydrogen) atoms. The predicted molar refractivity (Wildman–Crippen MR) is 115 cm³/mol. The SMILES string of the molecule is N#C/C(=C\c1ccccc1[N+](=O)[O-])c1nc(C(c2ccccc2)c2ccccc2)no1. The average Bonchev–Trinajstić information content (AvgIpc) is 3.28. The fourth-order valence-electron chi connectivity index (χ4n) is 3.32. The molecular formula is C24H16N4O3. The number of nitriles is 1. The molecule has 0 amide bonds. The molecule has 4 aromatic rings. The standard InChI is InChI=1S/C24H16N4O3/c25-16-20(15-19-13-7-8-14-21(19)28(29)30)24-26-23(27-31-24)22(17-9-3-1-4-10-17)18-11-5-2-6-12-18/h1-15,22H/b20-15+. The highest BCUT2D eigenvalue weighted by Gasteiger charge is 2.24. The van der Waals surface area contributed by atoms with Crippen molar-refractivity contribution in [3.8, 4) is 6.07 Å². The van der Waals surface area contributed by atoms with Crippen molar-refractivity contribution in [3.63, 3.8) is 0 Å². The van der Waals surface area contributed by atoms with E-state index < -0.39 is 4.92 Å². The number of rotatable bonds is 6. The van der Waals surface area contributed by atoms with Gasteiger partial charge in [-0.1, -0.05) is 78.0 Å². The Morgan fingerprint density at radius 2 is 1.55 bits per heavy atom. The Labute approximate surface area is 178 Å². The molecule has 0 saturated heterocycles. The molecule has 0 spiro atoms. The minimum Gasteiger partial charge on any atom is -0.333 e. The fourth-order valence-corrected chi connectivity index (χ4v) is 3.32. The van der Waals surface area contributed by atoms with Gasteiger partial charge in [0.15, 0.2) is 5.82 Å². The van der Waals surface area contributed by atoms with E-state index in [4.69, 9.17) is 4.52 Å². The van der Waals surface area contributed by atoms with Crippen LogP contribution in [0.3, 0.4) is 0 Å². The first kappa shape index (κ1) is 19.7. The van der Waals surface area contributed by atoms with Crippen LogP contribution in [0.25, 0.3) is 11.6 Å². The minimum absolute atomic E-state index is 0.00696. The highest BCUT2D eigenvalue weighted by molar-refractivity contribution is 5.88. The number of hydrogen-bond acceptors (Lipinski definition) is 6. The third kappa shape index (κ3) is 4.23. The molecule has 1 aromatic heterocycles. The van der Waals surface area contributed by atoms with Gasteiger partial charge in [0.05, 0.1) is 16.4 Å². The van der Waals surface area contributed by atoms with Crippen molar-refractivity contribution in [2.75, 3.05) is 0 Å². The largest absolute Gasteiger partial charge is 0.333 e. The van der Waals surface area contributed by atoms with Crippen LogP contribution in [0.15, 0.2) is 89.5 Å². The van der Waals surface area contributed by atoms with Crippen LogP contribution < -0.4 is 0 Å². The van der Waals surface area contributed by atoms with Crippen molar-refractivity contribution in [1.29, 1.82) is 5.26 Å². The second-order valence-corrected chi connectivity index (χ2v) is 6.70. The molecule has 0 N–H and O–H groups in total. The number of nitro benzene ring substituents is 1. The first-order valence-electron chi connectivity index (χ1n) is 9.46. The van der Waals surface area contributed by atoms with Crippen molar-refractivity contribution < 1.29 is 9.45 Å². The first-order chi connectivity index (χ1) is 15.2. The summed E-state index contributed by atoms with van der Waals surface area (Å²) >= 11 is 0. The van der Waals surface area contributed by atoms with Gasteiger partial charge in [-0.15, -0.1) is 0 Å². The number of nitrogens with zero attached hydrogens (tertiary/aromatic N) is 4. The van der Waals surface area contributed by atoms with Gasteiger partial charge in [0.25, 0.3) is 11.6 Å². The van der Waals surface area contributed by atoms with E-state index in [0.29, 0.717) is 5.82 Å². The van der Waals surface area contributed by atoms with Crippen LogP contribution in [-0.2, 0) is 0 Å². The van der Waals surface area contributed by atoms with Gasteiger partial charge >= 0.3 is 0 Å². The van der Waals surface area contributed by atoms with Gasteiger partial charge in [-0.25, -0.2) is 0 Å². The van der Waals surface area contributed by atoms with Crippen LogP contribution in [0.4, 0.5) is 5.69 Å². The van der Waals surface area contributed by atoms with Crippen LogP contribution in [-0.4, -0.2) is 15.1 Å². The third-order valence-electron chi connectivity index (χ3n) is 4.75. The average molecular weight is 408 g/mol. The summed E-state index contributed by atoms with van der Waals surface area (Å²) in [4.78, 5) is 15.2. The van der Waals surface area contributed by atoms with Gasteiger partial charge in [0.2, 0.25) is 0 Å². The second-order valence-electron chi connectivity index (χ2n) is 6.70. The predicted octanol–water partition coefficient (Wildman–Crippen LogP) is 5.22. The van der Waals surface area contributed by atoms with Gasteiger partial charge in [-0.3, -0.25) is 10.1 Å². The van der Waals surface area contributed by atoms with E-state index >= 15 is 0 Å². The molecule has 0 bridgehead atoms. The number of benzene rings is 3. The molecule has 150 valence electrons. The van der Waals surface area contributed by atoms with Crippen molar-refractivity contribution >= 4 is 17.3 Å². The molecule has 0 fully saturated rings. The third-order valence-corrected chi connectivity index (χ3v) is 4.75. The van der Waals surface area contributed by atoms with Crippen molar-refractivity contribution in [1.82, 2.24) is 10.1 Å². The number of para-hydroxylation sites is 1. The van der Waals surface area contributed by atoms with E-state index in [1.54, 1.807) is 18.2 Å². The fraction of sp³-hybridized carbons (Fsp3) is 0.0417. The highest BCUT2D eigenvalue weighted by Crippen LogP contribution is 2.31. The lowest BCUT2D eigenvalue weighted by molar-refractivity contribution is -0.385. The Morgan fingerprint density at radius 1 is 0.968 bits per heavy atom. The summed E-state index contributed by atoms with van der Waals surface area (Å²) in [6.45, 7) is 0. The monoisotopic (exact) mass is 408 g/mol. The zero-order valence-electron chi connectivity index (χ0n) is 16.3. The Balaban J connectivity index is 1.77. The van der Waals surface area contributed by atoms with Gasteiger partial charge < -0.3 is 4.52 Å². The van der Waals surface area contributed by atoms with Gasteiger partial charge in [0.1, 0.15) is 11.6 Å². The van der Waals surface area contributed by atoms with E-state index in [2.05, 4.69) is 10.1 Å². The lowest BCUT2D eigenvalue weighted by Crippen LogP contribution is -2.05. The number of aromatic nitrogens is 2. The van der Waals surface area contributed by atoms with Gasteiger partial charge in [-0.05, 0) is 23.3 Å². The Hall–Kier alpha value is -4.57. The molecule has 0 unspecified atom stereocenters. The summed E-state index contributed by atoms with van der Waals surface area (Å²) in [5.41, 5.74) is 2.17.